The van der Waals surface area contributed by atoms with Crippen LogP contribution in [0.1, 0.15) is 0 Å². The van der Waals surface area contributed by atoms with Gasteiger partial charge in [-0.05, 0) is 59.7 Å². The minimum atomic E-state index is 0. The summed E-state index contributed by atoms with van der Waals surface area (Å²) < 4.78 is 4.31. The molecule has 3 aromatic heterocycles. The molecule has 0 radical (unpaired) electrons. The van der Waals surface area contributed by atoms with E-state index in [9.17, 15) is 0 Å². The summed E-state index contributed by atoms with van der Waals surface area (Å²) in [6.45, 7) is 2.03. The van der Waals surface area contributed by atoms with Gasteiger partial charge in [-0.1, -0.05) is 53.5 Å². The summed E-state index contributed by atoms with van der Waals surface area (Å²) >= 11 is 0. The Morgan fingerprint density at radius 2 is 1.60 bits per heavy atom. The standard InChI is InChI=1S/C35H25N6.Pt/c1-38-18-19-40(23-38)27-10-6-11-28(22-27)41-32-21-26(13-15-29(32)30-12-7-17-36-35(30)41)34-37-31-16-14-25(20-33(31)39(34)2)24-8-4-3-5-9-24;/h3-20,23H,1-2H3;/q-3;. The first-order valence-corrected chi connectivity index (χ1v) is 13.5. The maximum atomic E-state index is 5.03. The Hall–Kier alpha value is -4.67. The molecule has 0 aliphatic carbocycles. The summed E-state index contributed by atoms with van der Waals surface area (Å²) in [4.78, 5) is 13.9. The molecule has 4 heterocycles. The number of benzene rings is 4. The van der Waals surface area contributed by atoms with Crippen molar-refractivity contribution in [3.05, 3.63) is 128 Å². The van der Waals surface area contributed by atoms with Gasteiger partial charge < -0.3 is 18.9 Å². The van der Waals surface area contributed by atoms with Crippen LogP contribution in [0.15, 0.2) is 110 Å². The zero-order valence-corrected chi connectivity index (χ0v) is 25.2. The van der Waals surface area contributed by atoms with Gasteiger partial charge in [-0.3, -0.25) is 4.98 Å². The quantitative estimate of drug-likeness (QED) is 0.178. The molecule has 6 nitrogen and oxygen atoms in total. The maximum absolute atomic E-state index is 5.03. The minimum Gasteiger partial charge on any atom is -0.510 e. The van der Waals surface area contributed by atoms with Crippen LogP contribution >= 0.6 is 0 Å². The summed E-state index contributed by atoms with van der Waals surface area (Å²) in [5.41, 5.74) is 9.00. The van der Waals surface area contributed by atoms with Gasteiger partial charge >= 0.3 is 0 Å². The molecule has 0 atom stereocenters. The number of aryl methyl sites for hydroxylation is 1. The average molecular weight is 725 g/mol. The van der Waals surface area contributed by atoms with Crippen molar-refractivity contribution < 1.29 is 21.1 Å². The molecule has 208 valence electrons. The third-order valence-corrected chi connectivity index (χ3v) is 7.72. The topological polar surface area (TPSA) is 42.1 Å². The summed E-state index contributed by atoms with van der Waals surface area (Å²) in [5.74, 6) is 0.870. The number of aromatic nitrogens is 4. The van der Waals surface area contributed by atoms with Gasteiger partial charge in [-0.15, -0.1) is 47.6 Å². The Balaban J connectivity index is 0.00000288. The van der Waals surface area contributed by atoms with Crippen molar-refractivity contribution in [3.63, 3.8) is 0 Å². The second-order valence-electron chi connectivity index (χ2n) is 10.3. The first-order chi connectivity index (χ1) is 20.1. The third-order valence-electron chi connectivity index (χ3n) is 7.72. The monoisotopic (exact) mass is 724 g/mol. The molecule has 7 heteroatoms. The van der Waals surface area contributed by atoms with Crippen molar-refractivity contribution in [3.8, 4) is 28.2 Å². The van der Waals surface area contributed by atoms with Crippen molar-refractivity contribution in [2.45, 2.75) is 0 Å². The zero-order chi connectivity index (χ0) is 27.5. The van der Waals surface area contributed by atoms with Crippen LogP contribution in [0.3, 0.4) is 0 Å². The molecule has 0 unspecified atom stereocenters. The van der Waals surface area contributed by atoms with Crippen molar-refractivity contribution >= 4 is 38.7 Å². The number of hydrogen-bond donors (Lipinski definition) is 0. The van der Waals surface area contributed by atoms with Gasteiger partial charge in [0.05, 0.1) is 16.9 Å². The molecule has 0 saturated carbocycles. The van der Waals surface area contributed by atoms with Crippen LogP contribution in [-0.2, 0) is 28.1 Å². The van der Waals surface area contributed by atoms with E-state index in [0.717, 1.165) is 55.7 Å². The first kappa shape index (κ1) is 26.2. The third kappa shape index (κ3) is 4.22. The average Bonchev–Trinajstić information content (AvgIpc) is 3.70. The fraction of sp³-hybridized carbons (Fsp3) is 0.0571. The number of pyridine rings is 1. The molecule has 8 rings (SSSR count). The van der Waals surface area contributed by atoms with Crippen molar-refractivity contribution in [1.29, 1.82) is 0 Å². The summed E-state index contributed by atoms with van der Waals surface area (Å²) in [7, 11) is 4.08. The fourth-order valence-corrected chi connectivity index (χ4v) is 5.69. The summed E-state index contributed by atoms with van der Waals surface area (Å²) in [5, 5.41) is 2.17. The van der Waals surface area contributed by atoms with Gasteiger partial charge in [0.15, 0.2) is 0 Å². The van der Waals surface area contributed by atoms with E-state index in [0.29, 0.717) is 0 Å². The SMILES string of the molecule is CN1C=CN(c2[c-]c(-n3c4[c-]c(-c5nc6ccc(-c7ccccc7)cc6n5C)ccc4c4cccnc43)ccc2)[CH-]1.[Pt]. The molecule has 1 aliphatic heterocycles. The second-order valence-corrected chi connectivity index (χ2v) is 10.3. The predicted octanol–water partition coefficient (Wildman–Crippen LogP) is 7.34. The van der Waals surface area contributed by atoms with E-state index in [1.54, 1.807) is 0 Å². The van der Waals surface area contributed by atoms with E-state index in [4.69, 9.17) is 9.97 Å². The Labute approximate surface area is 258 Å². The molecule has 7 aromatic rings. The van der Waals surface area contributed by atoms with Crippen LogP contribution in [-0.4, -0.2) is 31.0 Å². The van der Waals surface area contributed by atoms with Gasteiger partial charge in [0.2, 0.25) is 0 Å². The first-order valence-electron chi connectivity index (χ1n) is 13.5. The van der Waals surface area contributed by atoms with E-state index in [2.05, 4.69) is 112 Å². The molecule has 4 aromatic carbocycles. The molecule has 0 saturated heterocycles. The molecular weight excluding hydrogens is 700 g/mol. The van der Waals surface area contributed by atoms with Gasteiger partial charge in [0, 0.05) is 34.3 Å². The van der Waals surface area contributed by atoms with Crippen molar-refractivity contribution in [2.75, 3.05) is 11.9 Å². The van der Waals surface area contributed by atoms with E-state index in [-0.39, 0.29) is 21.1 Å². The molecule has 0 fully saturated rings. The van der Waals surface area contributed by atoms with Crippen LogP contribution in [0.4, 0.5) is 5.69 Å². The molecule has 0 bridgehead atoms. The maximum Gasteiger partial charge on any atom is 0.132 e. The second kappa shape index (κ2) is 10.3. The molecule has 0 amide bonds. The number of nitrogens with zero attached hydrogens (tertiary/aromatic N) is 6. The van der Waals surface area contributed by atoms with Crippen LogP contribution in [0.2, 0.25) is 0 Å². The molecule has 1 aliphatic rings. The van der Waals surface area contributed by atoms with Gasteiger partial charge in [0.1, 0.15) is 5.65 Å². The number of hydrogen-bond acceptors (Lipinski definition) is 4. The normalized spacial score (nSPS) is 13.0. The largest absolute Gasteiger partial charge is 0.510 e. The Bertz CT molecular complexity index is 2120. The van der Waals surface area contributed by atoms with Crippen LogP contribution in [0.5, 0.6) is 0 Å². The van der Waals surface area contributed by atoms with Gasteiger partial charge in [-0.2, -0.15) is 12.7 Å². The Morgan fingerprint density at radius 3 is 2.43 bits per heavy atom. The molecule has 42 heavy (non-hydrogen) atoms. The van der Waals surface area contributed by atoms with Crippen LogP contribution in [0.25, 0.3) is 61.2 Å². The van der Waals surface area contributed by atoms with Crippen LogP contribution < -0.4 is 4.90 Å². The Morgan fingerprint density at radius 1 is 0.738 bits per heavy atom. The smallest absolute Gasteiger partial charge is 0.132 e. The van der Waals surface area contributed by atoms with Crippen LogP contribution in [0, 0.1) is 18.8 Å². The molecule has 0 spiro atoms. The summed E-state index contributed by atoms with van der Waals surface area (Å²) in [6.07, 6.45) is 5.88. The van der Waals surface area contributed by atoms with Crippen molar-refractivity contribution in [1.82, 2.24) is 24.0 Å². The number of fused-ring (bicyclic) bond motifs is 4. The van der Waals surface area contributed by atoms with Gasteiger partial charge in [-0.25, -0.2) is 4.98 Å². The number of anilines is 1. The van der Waals surface area contributed by atoms with Crippen molar-refractivity contribution in [2.24, 2.45) is 7.05 Å². The van der Waals surface area contributed by atoms with E-state index in [1.807, 2.05) is 49.3 Å². The predicted molar refractivity (Wildman–Crippen MR) is 165 cm³/mol. The Kier molecular flexibility index (Phi) is 6.44. The number of imidazole rings is 1. The summed E-state index contributed by atoms with van der Waals surface area (Å²) in [6, 6.07) is 38.8. The molecule has 0 N–H and O–H groups in total. The zero-order valence-electron chi connectivity index (χ0n) is 23.0. The fourth-order valence-electron chi connectivity index (χ4n) is 5.69. The minimum absolute atomic E-state index is 0. The number of rotatable bonds is 4. The van der Waals surface area contributed by atoms with E-state index in [1.165, 1.54) is 11.1 Å². The van der Waals surface area contributed by atoms with E-state index >= 15 is 0 Å². The molecular formula is C35H25N6Pt-3. The van der Waals surface area contributed by atoms with E-state index < -0.39 is 0 Å². The van der Waals surface area contributed by atoms with Gasteiger partial charge in [0.25, 0.3) is 0 Å².